The topological polar surface area (TPSA) is 93.4 Å². The van der Waals surface area contributed by atoms with Crippen molar-refractivity contribution in [3.8, 4) is 0 Å². The molecule has 1 amide bonds. The fourth-order valence-electron chi connectivity index (χ4n) is 3.27. The van der Waals surface area contributed by atoms with Gasteiger partial charge in [-0.25, -0.2) is 0 Å². The van der Waals surface area contributed by atoms with Crippen molar-refractivity contribution in [1.82, 2.24) is 20.1 Å². The molecule has 1 saturated heterocycles. The molecule has 1 N–H and O–H groups in total. The van der Waals surface area contributed by atoms with Crippen LogP contribution in [-0.4, -0.2) is 44.2 Å². The summed E-state index contributed by atoms with van der Waals surface area (Å²) in [6, 6.07) is 0.207. The number of likely N-dealkylation sites (tertiary alicyclic amines) is 1. The number of nitrogens with zero attached hydrogens (tertiary/aromatic N) is 4. The van der Waals surface area contributed by atoms with Gasteiger partial charge in [-0.3, -0.25) is 9.69 Å². The van der Waals surface area contributed by atoms with Gasteiger partial charge in [-0.2, -0.15) is 9.37 Å². The normalized spacial score (nSPS) is 23.5. The first kappa shape index (κ1) is 19.8. The number of piperidine rings is 1. The Morgan fingerprint density at radius 2 is 2.30 bits per heavy atom. The molecule has 0 aromatic carbocycles. The Labute approximate surface area is 161 Å². The molecule has 0 saturated carbocycles. The van der Waals surface area contributed by atoms with Crippen LogP contribution in [0.5, 0.6) is 0 Å². The summed E-state index contributed by atoms with van der Waals surface area (Å²) < 4.78 is 25.5. The number of hydrogen-bond donors (Lipinski definition) is 1. The third kappa shape index (κ3) is 5.08. The Morgan fingerprint density at radius 3 is 2.93 bits per heavy atom. The number of nitrogens with one attached hydrogen (secondary N) is 1. The van der Waals surface area contributed by atoms with Gasteiger partial charge in [0.25, 0.3) is 0 Å². The van der Waals surface area contributed by atoms with Crippen molar-refractivity contribution in [2.75, 3.05) is 11.9 Å². The minimum absolute atomic E-state index is 0.207. The van der Waals surface area contributed by atoms with E-state index in [9.17, 15) is 9.18 Å². The number of carbonyl (C=O) groups is 1. The Balaban J connectivity index is 1.56. The van der Waals surface area contributed by atoms with Gasteiger partial charge in [0.2, 0.25) is 23.6 Å². The first-order valence-electron chi connectivity index (χ1n) is 8.84. The molecule has 1 aliphatic heterocycles. The first-order valence-corrected chi connectivity index (χ1v) is 9.65. The van der Waals surface area contributed by atoms with Crippen LogP contribution in [0, 0.1) is 12.9 Å². The number of rotatable bonds is 6. The van der Waals surface area contributed by atoms with Crippen molar-refractivity contribution in [2.45, 2.75) is 65.3 Å². The molecule has 148 valence electrons. The molecular weight excluding hydrogens is 373 g/mol. The standard InChI is InChI=1S/C17H24FN5O3S/c1-10-7-17(4,25-9-14-22-21-12(3)26-14)5-6-23(10)8-13-15(18)20-16(27-13)19-11(2)24/h10H,5-9H2,1-4H3,(H,19,20,24)/t10-,17?/m1/s1. The molecule has 1 unspecified atom stereocenters. The van der Waals surface area contributed by atoms with E-state index in [1.807, 2.05) is 0 Å². The zero-order chi connectivity index (χ0) is 19.6. The van der Waals surface area contributed by atoms with Crippen LogP contribution in [0.15, 0.2) is 4.42 Å². The van der Waals surface area contributed by atoms with Gasteiger partial charge in [-0.15, -0.1) is 10.2 Å². The predicted octanol–water partition coefficient (Wildman–Crippen LogP) is 2.89. The van der Waals surface area contributed by atoms with E-state index in [0.29, 0.717) is 28.3 Å². The average Bonchev–Trinajstić information content (AvgIpc) is 3.14. The number of hydrogen-bond acceptors (Lipinski definition) is 8. The van der Waals surface area contributed by atoms with Gasteiger partial charge in [0.05, 0.1) is 10.5 Å². The zero-order valence-electron chi connectivity index (χ0n) is 15.9. The number of carbonyl (C=O) groups excluding carboxylic acids is 1. The average molecular weight is 397 g/mol. The molecular formula is C17H24FN5O3S. The lowest BCUT2D eigenvalue weighted by atomic mass is 9.88. The van der Waals surface area contributed by atoms with Crippen LogP contribution in [0.3, 0.4) is 0 Å². The molecule has 2 aromatic rings. The van der Waals surface area contributed by atoms with Gasteiger partial charge in [0.15, 0.2) is 5.13 Å². The smallest absolute Gasteiger partial charge is 0.242 e. The summed E-state index contributed by atoms with van der Waals surface area (Å²) in [4.78, 5) is 17.6. The van der Waals surface area contributed by atoms with E-state index < -0.39 is 5.95 Å². The number of thiazole rings is 1. The zero-order valence-corrected chi connectivity index (χ0v) is 16.7. The fourth-order valence-corrected chi connectivity index (χ4v) is 4.19. The summed E-state index contributed by atoms with van der Waals surface area (Å²) in [5.41, 5.74) is -0.300. The van der Waals surface area contributed by atoms with Crippen LogP contribution < -0.4 is 5.32 Å². The lowest BCUT2D eigenvalue weighted by molar-refractivity contribution is -0.114. The summed E-state index contributed by atoms with van der Waals surface area (Å²) in [6.45, 7) is 8.82. The van der Waals surface area contributed by atoms with Gasteiger partial charge >= 0.3 is 0 Å². The number of ether oxygens (including phenoxy) is 1. The van der Waals surface area contributed by atoms with Crippen molar-refractivity contribution >= 4 is 22.4 Å². The second-order valence-electron chi connectivity index (χ2n) is 7.14. The molecule has 10 heteroatoms. The maximum atomic E-state index is 14.1. The third-order valence-electron chi connectivity index (χ3n) is 4.67. The molecule has 1 aliphatic rings. The Morgan fingerprint density at radius 1 is 1.52 bits per heavy atom. The molecule has 0 radical (unpaired) electrons. The Kier molecular flexibility index (Phi) is 5.87. The van der Waals surface area contributed by atoms with E-state index in [0.717, 1.165) is 19.4 Å². The molecule has 27 heavy (non-hydrogen) atoms. The molecule has 1 fully saturated rings. The van der Waals surface area contributed by atoms with E-state index in [1.165, 1.54) is 18.3 Å². The van der Waals surface area contributed by atoms with Gasteiger partial charge in [0.1, 0.15) is 6.61 Å². The van der Waals surface area contributed by atoms with Crippen LogP contribution >= 0.6 is 11.3 Å². The monoisotopic (exact) mass is 397 g/mol. The number of halogens is 1. The number of amides is 1. The molecule has 0 aliphatic carbocycles. The van der Waals surface area contributed by atoms with Gasteiger partial charge in [-0.1, -0.05) is 11.3 Å². The summed E-state index contributed by atoms with van der Waals surface area (Å²) in [5, 5.41) is 10.6. The maximum absolute atomic E-state index is 14.1. The number of aryl methyl sites for hydroxylation is 1. The Hall–Kier alpha value is -1.91. The van der Waals surface area contributed by atoms with Crippen molar-refractivity contribution in [3.05, 3.63) is 22.6 Å². The van der Waals surface area contributed by atoms with Crippen LogP contribution in [0.25, 0.3) is 0 Å². The lowest BCUT2D eigenvalue weighted by Gasteiger charge is -2.43. The SMILES string of the molecule is CC(=O)Nc1nc(F)c(CN2CCC(C)(OCc3nnc(C)o3)C[C@H]2C)s1. The highest BCUT2D eigenvalue weighted by Gasteiger charge is 2.36. The van der Waals surface area contributed by atoms with Crippen LogP contribution in [-0.2, 0) is 22.7 Å². The highest BCUT2D eigenvalue weighted by molar-refractivity contribution is 7.15. The minimum atomic E-state index is -0.521. The molecule has 8 nitrogen and oxygen atoms in total. The van der Waals surface area contributed by atoms with E-state index in [2.05, 4.69) is 39.2 Å². The van der Waals surface area contributed by atoms with Crippen LogP contribution in [0.4, 0.5) is 9.52 Å². The number of aromatic nitrogens is 3. The summed E-state index contributed by atoms with van der Waals surface area (Å²) in [5.74, 6) is 0.214. The predicted molar refractivity (Wildman–Crippen MR) is 97.7 cm³/mol. The quantitative estimate of drug-likeness (QED) is 0.801. The molecule has 3 heterocycles. The van der Waals surface area contributed by atoms with Crippen LogP contribution in [0.1, 0.15) is 50.3 Å². The van der Waals surface area contributed by atoms with Crippen molar-refractivity contribution in [1.29, 1.82) is 0 Å². The van der Waals surface area contributed by atoms with E-state index in [1.54, 1.807) is 6.92 Å². The van der Waals surface area contributed by atoms with E-state index >= 15 is 0 Å². The lowest BCUT2D eigenvalue weighted by Crippen LogP contribution is -2.48. The van der Waals surface area contributed by atoms with Gasteiger partial charge in [-0.05, 0) is 26.7 Å². The van der Waals surface area contributed by atoms with E-state index in [4.69, 9.17) is 9.15 Å². The Bertz CT molecular complexity index is 810. The second kappa shape index (κ2) is 7.99. The maximum Gasteiger partial charge on any atom is 0.242 e. The first-order chi connectivity index (χ1) is 12.7. The molecule has 0 bridgehead atoms. The molecule has 3 rings (SSSR count). The van der Waals surface area contributed by atoms with Gasteiger partial charge in [0, 0.05) is 33.0 Å². The molecule has 2 aromatic heterocycles. The van der Waals surface area contributed by atoms with Crippen molar-refractivity contribution in [2.24, 2.45) is 0 Å². The van der Waals surface area contributed by atoms with Crippen molar-refractivity contribution in [3.63, 3.8) is 0 Å². The van der Waals surface area contributed by atoms with Crippen LogP contribution in [0.2, 0.25) is 0 Å². The summed E-state index contributed by atoms with van der Waals surface area (Å²) in [6.07, 6.45) is 1.61. The highest BCUT2D eigenvalue weighted by atomic mass is 32.1. The minimum Gasteiger partial charge on any atom is -0.423 e. The van der Waals surface area contributed by atoms with Gasteiger partial charge < -0.3 is 14.5 Å². The molecule has 2 atom stereocenters. The highest BCUT2D eigenvalue weighted by Crippen LogP contribution is 2.33. The summed E-state index contributed by atoms with van der Waals surface area (Å²) in [7, 11) is 0. The largest absolute Gasteiger partial charge is 0.423 e. The number of anilines is 1. The fraction of sp³-hybridized carbons (Fsp3) is 0.647. The third-order valence-corrected chi connectivity index (χ3v) is 5.60. The van der Waals surface area contributed by atoms with Crippen molar-refractivity contribution < 1.29 is 18.3 Å². The second-order valence-corrected chi connectivity index (χ2v) is 8.22. The summed E-state index contributed by atoms with van der Waals surface area (Å²) >= 11 is 1.17. The van der Waals surface area contributed by atoms with E-state index in [-0.39, 0.29) is 24.2 Å². The molecule has 0 spiro atoms.